The monoisotopic (exact) mass is 197 g/mol. The maximum atomic E-state index is 10.7. The molecular formula is C10H12ClNO. The minimum absolute atomic E-state index is 0.411. The Bertz CT molecular complexity index is 294. The Morgan fingerprint density at radius 3 is 2.31 bits per heavy atom. The van der Waals surface area contributed by atoms with Crippen LogP contribution < -0.4 is 4.90 Å². The molecule has 2 nitrogen and oxygen atoms in total. The van der Waals surface area contributed by atoms with Gasteiger partial charge in [0.1, 0.15) is 0 Å². The number of benzene rings is 1. The van der Waals surface area contributed by atoms with Crippen molar-refractivity contribution in [1.82, 2.24) is 0 Å². The van der Waals surface area contributed by atoms with Crippen LogP contribution in [0.5, 0.6) is 0 Å². The van der Waals surface area contributed by atoms with Gasteiger partial charge in [-0.1, -0.05) is 0 Å². The molecule has 0 saturated carbocycles. The minimum Gasteiger partial charge on any atom is -0.375 e. The van der Waals surface area contributed by atoms with Crippen molar-refractivity contribution in [3.63, 3.8) is 0 Å². The molecule has 0 aliphatic carbocycles. The smallest absolute Gasteiger partial charge is 0.252 e. The molecule has 0 aliphatic rings. The molecule has 0 N–H and O–H groups in total. The summed E-state index contributed by atoms with van der Waals surface area (Å²) in [4.78, 5) is 12.8. The van der Waals surface area contributed by atoms with Crippen LogP contribution in [0.4, 0.5) is 5.69 Å². The Hall–Kier alpha value is -1.02. The van der Waals surface area contributed by atoms with E-state index in [0.29, 0.717) is 5.56 Å². The van der Waals surface area contributed by atoms with Crippen molar-refractivity contribution in [2.45, 2.75) is 6.92 Å². The van der Waals surface area contributed by atoms with Crippen molar-refractivity contribution >= 4 is 22.5 Å². The second-order valence-corrected chi connectivity index (χ2v) is 3.18. The van der Waals surface area contributed by atoms with Gasteiger partial charge in [0, 0.05) is 24.8 Å². The van der Waals surface area contributed by atoms with E-state index in [4.69, 9.17) is 11.6 Å². The first-order valence-corrected chi connectivity index (χ1v) is 4.54. The van der Waals surface area contributed by atoms with E-state index in [-0.39, 0.29) is 0 Å². The van der Waals surface area contributed by atoms with Crippen molar-refractivity contribution in [3.05, 3.63) is 29.8 Å². The number of anilines is 1. The molecule has 1 rings (SSSR count). The van der Waals surface area contributed by atoms with Crippen LogP contribution >= 0.6 is 11.6 Å². The fraction of sp³-hybridized carbons (Fsp3) is 0.300. The fourth-order valence-corrected chi connectivity index (χ4v) is 1.16. The Kier molecular flexibility index (Phi) is 3.32. The van der Waals surface area contributed by atoms with Crippen LogP contribution in [0.3, 0.4) is 0 Å². The maximum absolute atomic E-state index is 10.7. The molecule has 0 atom stereocenters. The molecule has 1 aromatic carbocycles. The van der Waals surface area contributed by atoms with Gasteiger partial charge in [-0.3, -0.25) is 4.79 Å². The van der Waals surface area contributed by atoms with Gasteiger partial charge in [-0.05, 0) is 42.8 Å². The summed E-state index contributed by atoms with van der Waals surface area (Å²) >= 11 is 5.32. The molecular weight excluding hydrogens is 186 g/mol. The molecule has 0 aromatic heterocycles. The lowest BCUT2D eigenvalue weighted by molar-refractivity contribution is 0.108. The van der Waals surface area contributed by atoms with Gasteiger partial charge in [-0.2, -0.15) is 0 Å². The lowest BCUT2D eigenvalue weighted by Crippen LogP contribution is -2.15. The Labute approximate surface area is 83.1 Å². The van der Waals surface area contributed by atoms with E-state index in [1.54, 1.807) is 12.1 Å². The van der Waals surface area contributed by atoms with E-state index >= 15 is 0 Å². The predicted molar refractivity (Wildman–Crippen MR) is 55.6 cm³/mol. The van der Waals surface area contributed by atoms with Gasteiger partial charge >= 0.3 is 0 Å². The highest BCUT2D eigenvalue weighted by Gasteiger charge is 2.02. The quantitative estimate of drug-likeness (QED) is 0.695. The van der Waals surface area contributed by atoms with Gasteiger partial charge in [0.15, 0.2) is 0 Å². The number of rotatable bonds is 3. The molecule has 0 spiro atoms. The predicted octanol–water partition coefficient (Wildman–Crippen LogP) is 2.52. The molecule has 13 heavy (non-hydrogen) atoms. The first-order chi connectivity index (χ1) is 6.15. The Morgan fingerprint density at radius 2 is 1.92 bits per heavy atom. The summed E-state index contributed by atoms with van der Waals surface area (Å²) in [6.45, 7) is 3.01. The minimum atomic E-state index is -0.411. The summed E-state index contributed by atoms with van der Waals surface area (Å²) in [5, 5.41) is -0.411. The fourth-order valence-electron chi connectivity index (χ4n) is 1.03. The zero-order valence-corrected chi connectivity index (χ0v) is 8.51. The van der Waals surface area contributed by atoms with Crippen LogP contribution in [0.2, 0.25) is 0 Å². The molecule has 70 valence electrons. The maximum Gasteiger partial charge on any atom is 0.252 e. The largest absolute Gasteiger partial charge is 0.375 e. The Morgan fingerprint density at radius 1 is 1.38 bits per heavy atom. The van der Waals surface area contributed by atoms with E-state index in [1.807, 2.05) is 19.2 Å². The molecule has 3 heteroatoms. The molecule has 0 fully saturated rings. The van der Waals surface area contributed by atoms with Crippen LogP contribution in [-0.2, 0) is 0 Å². The zero-order chi connectivity index (χ0) is 9.84. The average molecular weight is 198 g/mol. The van der Waals surface area contributed by atoms with Crippen LogP contribution in [0.15, 0.2) is 24.3 Å². The molecule has 1 aromatic rings. The third kappa shape index (κ3) is 2.46. The van der Waals surface area contributed by atoms with Crippen molar-refractivity contribution in [2.24, 2.45) is 0 Å². The number of hydrogen-bond acceptors (Lipinski definition) is 2. The van der Waals surface area contributed by atoms with Gasteiger partial charge in [-0.15, -0.1) is 0 Å². The summed E-state index contributed by atoms with van der Waals surface area (Å²) in [5.74, 6) is 0. The van der Waals surface area contributed by atoms with Gasteiger partial charge in [0.2, 0.25) is 0 Å². The van der Waals surface area contributed by atoms with E-state index in [9.17, 15) is 4.79 Å². The molecule has 0 heterocycles. The van der Waals surface area contributed by atoms with Gasteiger partial charge in [-0.25, -0.2) is 0 Å². The first kappa shape index (κ1) is 10.1. The number of carbonyl (C=O) groups is 1. The molecule has 0 radical (unpaired) electrons. The van der Waals surface area contributed by atoms with Crippen molar-refractivity contribution < 1.29 is 4.79 Å². The number of halogens is 1. The second kappa shape index (κ2) is 4.28. The SMILES string of the molecule is CCN(C)c1ccc(C(=O)Cl)cc1. The summed E-state index contributed by atoms with van der Waals surface area (Å²) < 4.78 is 0. The van der Waals surface area contributed by atoms with Gasteiger partial charge < -0.3 is 4.90 Å². The third-order valence-corrected chi connectivity index (χ3v) is 2.23. The van der Waals surface area contributed by atoms with E-state index < -0.39 is 5.24 Å². The van der Waals surface area contributed by atoms with Crippen LogP contribution in [0, 0.1) is 0 Å². The second-order valence-electron chi connectivity index (χ2n) is 2.83. The Balaban J connectivity index is 2.87. The van der Waals surface area contributed by atoms with Crippen LogP contribution in [0.25, 0.3) is 0 Å². The summed E-state index contributed by atoms with van der Waals surface area (Å²) in [7, 11) is 2.00. The molecule has 0 amide bonds. The zero-order valence-electron chi connectivity index (χ0n) is 7.75. The topological polar surface area (TPSA) is 20.3 Å². The molecule has 0 bridgehead atoms. The number of nitrogens with zero attached hydrogens (tertiary/aromatic N) is 1. The highest BCUT2D eigenvalue weighted by Crippen LogP contribution is 2.14. The summed E-state index contributed by atoms with van der Waals surface area (Å²) in [6, 6.07) is 7.24. The van der Waals surface area contributed by atoms with Gasteiger partial charge in [0.25, 0.3) is 5.24 Å². The number of carbonyl (C=O) groups excluding carboxylic acids is 1. The lowest BCUT2D eigenvalue weighted by atomic mass is 10.2. The molecule has 0 saturated heterocycles. The first-order valence-electron chi connectivity index (χ1n) is 4.16. The summed E-state index contributed by atoms with van der Waals surface area (Å²) in [6.07, 6.45) is 0. The number of hydrogen-bond donors (Lipinski definition) is 0. The van der Waals surface area contributed by atoms with Crippen molar-refractivity contribution in [2.75, 3.05) is 18.5 Å². The van der Waals surface area contributed by atoms with Crippen molar-refractivity contribution in [1.29, 1.82) is 0 Å². The highest BCUT2D eigenvalue weighted by molar-refractivity contribution is 6.67. The van der Waals surface area contributed by atoms with Crippen LogP contribution in [0.1, 0.15) is 17.3 Å². The normalized spacial score (nSPS) is 9.77. The molecule has 0 aliphatic heterocycles. The van der Waals surface area contributed by atoms with Gasteiger partial charge in [0.05, 0.1) is 0 Å². The van der Waals surface area contributed by atoms with E-state index in [2.05, 4.69) is 11.8 Å². The standard InChI is InChI=1S/C10H12ClNO/c1-3-12(2)9-6-4-8(5-7-9)10(11)13/h4-7H,3H2,1-2H3. The van der Waals surface area contributed by atoms with Crippen molar-refractivity contribution in [3.8, 4) is 0 Å². The molecule has 0 unspecified atom stereocenters. The average Bonchev–Trinajstić information content (AvgIpc) is 2.17. The van der Waals surface area contributed by atoms with E-state index in [0.717, 1.165) is 12.2 Å². The summed E-state index contributed by atoms with van der Waals surface area (Å²) in [5.41, 5.74) is 1.62. The van der Waals surface area contributed by atoms with Crippen LogP contribution in [-0.4, -0.2) is 18.8 Å². The third-order valence-electron chi connectivity index (χ3n) is 2.01. The van der Waals surface area contributed by atoms with E-state index in [1.165, 1.54) is 0 Å². The highest BCUT2D eigenvalue weighted by atomic mass is 35.5. The lowest BCUT2D eigenvalue weighted by Gasteiger charge is -2.16.